The normalized spacial score (nSPS) is 14.5. The molecule has 2 heterocycles. The molecule has 6 heteroatoms. The van der Waals surface area contributed by atoms with Gasteiger partial charge in [0.25, 0.3) is 5.91 Å². The van der Waals surface area contributed by atoms with E-state index in [2.05, 4.69) is 4.99 Å². The van der Waals surface area contributed by atoms with Crippen LogP contribution in [0.25, 0.3) is 10.2 Å². The fraction of sp³-hybridized carbons (Fsp3) is 0.429. The zero-order valence-corrected chi connectivity index (χ0v) is 12.5. The minimum atomic E-state index is -0.0983. The van der Waals surface area contributed by atoms with Gasteiger partial charge in [-0.15, -0.1) is 0 Å². The van der Waals surface area contributed by atoms with E-state index in [9.17, 15) is 4.79 Å². The van der Waals surface area contributed by atoms with Crippen LogP contribution in [0, 0.1) is 5.92 Å². The molecule has 3 rings (SSSR count). The van der Waals surface area contributed by atoms with Crippen LogP contribution >= 0.6 is 11.3 Å². The van der Waals surface area contributed by atoms with Crippen LogP contribution in [-0.4, -0.2) is 17.3 Å². The summed E-state index contributed by atoms with van der Waals surface area (Å²) in [6.07, 6.45) is 0. The molecule has 0 bridgehead atoms. The van der Waals surface area contributed by atoms with Gasteiger partial charge >= 0.3 is 0 Å². The Morgan fingerprint density at radius 2 is 2.10 bits per heavy atom. The average Bonchev–Trinajstić information content (AvgIpc) is 2.98. The van der Waals surface area contributed by atoms with Crippen molar-refractivity contribution in [3.8, 4) is 11.5 Å². The fourth-order valence-corrected chi connectivity index (χ4v) is 3.18. The van der Waals surface area contributed by atoms with Gasteiger partial charge in [-0.3, -0.25) is 4.79 Å². The Balaban J connectivity index is 2.22. The molecule has 1 aromatic carbocycles. The van der Waals surface area contributed by atoms with E-state index < -0.39 is 0 Å². The summed E-state index contributed by atoms with van der Waals surface area (Å²) in [6.45, 7) is 6.76. The first kappa shape index (κ1) is 13.2. The number of carbonyl (C=O) groups excluding carboxylic acids is 1. The highest BCUT2D eigenvalue weighted by Crippen LogP contribution is 2.36. The molecule has 106 valence electrons. The summed E-state index contributed by atoms with van der Waals surface area (Å²) in [4.78, 5) is 16.8. The third-order valence-electron chi connectivity index (χ3n) is 3.19. The number of aryl methyl sites for hydroxylation is 1. The third-order valence-corrected chi connectivity index (χ3v) is 4.23. The van der Waals surface area contributed by atoms with Gasteiger partial charge in [0.05, 0.1) is 10.2 Å². The van der Waals surface area contributed by atoms with Crippen molar-refractivity contribution in [3.05, 3.63) is 16.9 Å². The second kappa shape index (κ2) is 4.94. The minimum Gasteiger partial charge on any atom is -0.454 e. The largest absolute Gasteiger partial charge is 0.454 e. The van der Waals surface area contributed by atoms with Gasteiger partial charge in [-0.05, 0) is 6.92 Å². The zero-order chi connectivity index (χ0) is 14.3. The van der Waals surface area contributed by atoms with Gasteiger partial charge in [0, 0.05) is 24.6 Å². The van der Waals surface area contributed by atoms with Gasteiger partial charge in [0.15, 0.2) is 16.3 Å². The van der Waals surface area contributed by atoms with Crippen molar-refractivity contribution in [2.45, 2.75) is 27.3 Å². The lowest BCUT2D eigenvalue weighted by Crippen LogP contribution is -2.17. The Morgan fingerprint density at radius 3 is 2.75 bits per heavy atom. The molecular formula is C14H16N2O3S. The van der Waals surface area contributed by atoms with Crippen molar-refractivity contribution >= 4 is 27.5 Å². The molecule has 0 aliphatic carbocycles. The third kappa shape index (κ3) is 2.10. The van der Waals surface area contributed by atoms with E-state index in [0.29, 0.717) is 0 Å². The number of hydrogen-bond acceptors (Lipinski definition) is 4. The SMILES string of the molecule is CCn1c(=NC(=O)C(C)C)sc2cc3c(cc21)OCO3. The van der Waals surface area contributed by atoms with E-state index in [-0.39, 0.29) is 18.6 Å². The maximum absolute atomic E-state index is 11.8. The molecule has 0 atom stereocenters. The second-order valence-electron chi connectivity index (χ2n) is 4.91. The van der Waals surface area contributed by atoms with E-state index in [1.54, 1.807) is 0 Å². The highest BCUT2D eigenvalue weighted by molar-refractivity contribution is 7.16. The lowest BCUT2D eigenvalue weighted by Gasteiger charge is -2.02. The predicted molar refractivity (Wildman–Crippen MR) is 77.0 cm³/mol. The predicted octanol–water partition coefficient (Wildman–Crippen LogP) is 2.53. The van der Waals surface area contributed by atoms with Crippen LogP contribution in [0.3, 0.4) is 0 Å². The zero-order valence-electron chi connectivity index (χ0n) is 11.7. The summed E-state index contributed by atoms with van der Waals surface area (Å²) < 4.78 is 13.9. The van der Waals surface area contributed by atoms with Crippen molar-refractivity contribution < 1.29 is 14.3 Å². The highest BCUT2D eigenvalue weighted by atomic mass is 32.1. The van der Waals surface area contributed by atoms with Gasteiger partial charge in [-0.25, -0.2) is 0 Å². The second-order valence-corrected chi connectivity index (χ2v) is 5.92. The lowest BCUT2D eigenvalue weighted by molar-refractivity contribution is -0.120. The van der Waals surface area contributed by atoms with Crippen molar-refractivity contribution in [2.24, 2.45) is 10.9 Å². The number of aromatic nitrogens is 1. The molecular weight excluding hydrogens is 276 g/mol. The first-order valence-corrected chi connectivity index (χ1v) is 7.43. The molecule has 0 N–H and O–H groups in total. The number of hydrogen-bond donors (Lipinski definition) is 0. The molecule has 0 saturated carbocycles. The van der Waals surface area contributed by atoms with Crippen molar-refractivity contribution in [2.75, 3.05) is 6.79 Å². The number of amides is 1. The number of rotatable bonds is 2. The molecule has 0 fully saturated rings. The van der Waals surface area contributed by atoms with Gasteiger partial charge in [0.1, 0.15) is 0 Å². The van der Waals surface area contributed by atoms with Crippen LogP contribution < -0.4 is 14.3 Å². The summed E-state index contributed by atoms with van der Waals surface area (Å²) in [5.74, 6) is 1.31. The average molecular weight is 292 g/mol. The smallest absolute Gasteiger partial charge is 0.250 e. The minimum absolute atomic E-state index is 0.0952. The number of thiazole rings is 1. The standard InChI is InChI=1S/C14H16N2O3S/c1-4-16-9-5-10-11(19-7-18-10)6-12(9)20-14(16)15-13(17)8(2)3/h5-6,8H,4,7H2,1-3H3. The molecule has 0 unspecified atom stereocenters. The van der Waals surface area contributed by atoms with Crippen molar-refractivity contribution in [1.82, 2.24) is 4.57 Å². The van der Waals surface area contributed by atoms with Crippen LogP contribution in [0.2, 0.25) is 0 Å². The maximum Gasteiger partial charge on any atom is 0.250 e. The van der Waals surface area contributed by atoms with E-state index >= 15 is 0 Å². The molecule has 1 amide bonds. The Morgan fingerprint density at radius 1 is 1.40 bits per heavy atom. The first-order valence-electron chi connectivity index (χ1n) is 6.61. The van der Waals surface area contributed by atoms with Crippen LogP contribution in [0.4, 0.5) is 0 Å². The monoisotopic (exact) mass is 292 g/mol. The van der Waals surface area contributed by atoms with Gasteiger partial charge in [-0.2, -0.15) is 4.99 Å². The molecule has 5 nitrogen and oxygen atoms in total. The summed E-state index contributed by atoms with van der Waals surface area (Å²) in [5, 5.41) is 0. The number of carbonyl (C=O) groups is 1. The van der Waals surface area contributed by atoms with E-state index in [1.807, 2.05) is 37.5 Å². The Kier molecular flexibility index (Phi) is 3.25. The molecule has 0 radical (unpaired) electrons. The molecule has 1 aromatic heterocycles. The molecule has 1 aliphatic heterocycles. The number of ether oxygens (including phenoxy) is 2. The summed E-state index contributed by atoms with van der Waals surface area (Å²) in [7, 11) is 0. The van der Waals surface area contributed by atoms with Crippen LogP contribution in [0.5, 0.6) is 11.5 Å². The summed E-state index contributed by atoms with van der Waals surface area (Å²) in [6, 6.07) is 3.91. The highest BCUT2D eigenvalue weighted by Gasteiger charge is 2.17. The maximum atomic E-state index is 11.8. The molecule has 0 spiro atoms. The number of fused-ring (bicyclic) bond motifs is 2. The van der Waals surface area contributed by atoms with Crippen molar-refractivity contribution in [3.63, 3.8) is 0 Å². The van der Waals surface area contributed by atoms with Crippen molar-refractivity contribution in [1.29, 1.82) is 0 Å². The van der Waals surface area contributed by atoms with Crippen LogP contribution in [0.1, 0.15) is 20.8 Å². The Labute approximate surface area is 120 Å². The van der Waals surface area contributed by atoms with Gasteiger partial charge in [-0.1, -0.05) is 25.2 Å². The van der Waals surface area contributed by atoms with Crippen LogP contribution in [-0.2, 0) is 11.3 Å². The topological polar surface area (TPSA) is 52.8 Å². The number of nitrogens with zero attached hydrogens (tertiary/aromatic N) is 2. The Bertz CT molecular complexity index is 743. The summed E-state index contributed by atoms with van der Waals surface area (Å²) >= 11 is 1.50. The van der Waals surface area contributed by atoms with E-state index in [4.69, 9.17) is 9.47 Å². The first-order chi connectivity index (χ1) is 9.60. The molecule has 20 heavy (non-hydrogen) atoms. The molecule has 2 aromatic rings. The fourth-order valence-electron chi connectivity index (χ4n) is 2.07. The Hall–Kier alpha value is -1.82. The lowest BCUT2D eigenvalue weighted by atomic mass is 10.2. The molecule has 1 aliphatic rings. The summed E-state index contributed by atoms with van der Waals surface area (Å²) in [5.41, 5.74) is 1.03. The van der Waals surface area contributed by atoms with Gasteiger partial charge < -0.3 is 14.0 Å². The molecule has 0 saturated heterocycles. The van der Waals surface area contributed by atoms with E-state index in [1.165, 1.54) is 11.3 Å². The quantitative estimate of drug-likeness (QED) is 0.854. The van der Waals surface area contributed by atoms with Gasteiger partial charge in [0.2, 0.25) is 6.79 Å². The van der Waals surface area contributed by atoms with Crippen LogP contribution in [0.15, 0.2) is 17.1 Å². The number of benzene rings is 1. The van der Waals surface area contributed by atoms with E-state index in [0.717, 1.165) is 33.1 Å².